The first-order chi connectivity index (χ1) is 8.09. The molecule has 0 bridgehead atoms. The molecule has 0 aliphatic carbocycles. The Labute approximate surface area is 105 Å². The van der Waals surface area contributed by atoms with E-state index in [0.29, 0.717) is 10.9 Å². The number of aromatic carboxylic acids is 1. The van der Waals surface area contributed by atoms with E-state index in [2.05, 4.69) is 9.97 Å². The molecule has 1 N–H and O–H groups in total. The predicted octanol–water partition coefficient (Wildman–Crippen LogP) is 2.87. The van der Waals surface area contributed by atoms with Crippen LogP contribution in [0.5, 0.6) is 0 Å². The third-order valence-electron chi connectivity index (χ3n) is 2.83. The fourth-order valence-corrected chi connectivity index (χ4v) is 3.16. The summed E-state index contributed by atoms with van der Waals surface area (Å²) < 4.78 is 0. The molecule has 1 aliphatic rings. The van der Waals surface area contributed by atoms with Crippen molar-refractivity contribution in [1.82, 2.24) is 9.97 Å². The molecule has 1 fully saturated rings. The van der Waals surface area contributed by atoms with Crippen LogP contribution in [0.15, 0.2) is 6.20 Å². The van der Waals surface area contributed by atoms with Gasteiger partial charge in [-0.15, -0.1) is 0 Å². The standard InChI is InChI=1S/C12H16N2O2S/c1-7(2)10-8(12(15)16)6-13-11(14-10)9-4-3-5-17-9/h6-7,9H,3-5H2,1-2H3,(H,15,16). The van der Waals surface area contributed by atoms with E-state index in [-0.39, 0.29) is 11.5 Å². The van der Waals surface area contributed by atoms with E-state index in [1.807, 2.05) is 25.6 Å². The molecule has 92 valence electrons. The summed E-state index contributed by atoms with van der Waals surface area (Å²) in [7, 11) is 0. The fraction of sp³-hybridized carbons (Fsp3) is 0.583. The van der Waals surface area contributed by atoms with Crippen molar-refractivity contribution in [3.63, 3.8) is 0 Å². The molecule has 0 aromatic carbocycles. The normalized spacial score (nSPS) is 19.8. The Morgan fingerprint density at radius 3 is 2.88 bits per heavy atom. The molecular weight excluding hydrogens is 236 g/mol. The van der Waals surface area contributed by atoms with E-state index in [0.717, 1.165) is 18.0 Å². The van der Waals surface area contributed by atoms with Crippen LogP contribution in [0.25, 0.3) is 0 Å². The SMILES string of the molecule is CC(C)c1nc(C2CCCS2)ncc1C(=O)O. The summed E-state index contributed by atoms with van der Waals surface area (Å²) in [6, 6.07) is 0. The second-order valence-corrected chi connectivity index (χ2v) is 5.80. The Balaban J connectivity index is 2.37. The smallest absolute Gasteiger partial charge is 0.339 e. The van der Waals surface area contributed by atoms with Gasteiger partial charge in [0.05, 0.1) is 16.5 Å². The van der Waals surface area contributed by atoms with Crippen LogP contribution in [0, 0.1) is 0 Å². The number of carboxylic acid groups (broad SMARTS) is 1. The van der Waals surface area contributed by atoms with Crippen LogP contribution in [0.3, 0.4) is 0 Å². The minimum Gasteiger partial charge on any atom is -0.478 e. The van der Waals surface area contributed by atoms with Gasteiger partial charge in [-0.3, -0.25) is 0 Å². The van der Waals surface area contributed by atoms with Crippen molar-refractivity contribution in [2.45, 2.75) is 37.9 Å². The van der Waals surface area contributed by atoms with E-state index < -0.39 is 5.97 Å². The maximum absolute atomic E-state index is 11.1. The van der Waals surface area contributed by atoms with Crippen molar-refractivity contribution in [2.75, 3.05) is 5.75 Å². The van der Waals surface area contributed by atoms with E-state index in [9.17, 15) is 4.79 Å². The molecule has 5 heteroatoms. The van der Waals surface area contributed by atoms with Crippen LogP contribution in [0.2, 0.25) is 0 Å². The minimum atomic E-state index is -0.945. The van der Waals surface area contributed by atoms with Crippen molar-refractivity contribution in [2.24, 2.45) is 0 Å². The van der Waals surface area contributed by atoms with Crippen molar-refractivity contribution in [3.8, 4) is 0 Å². The lowest BCUT2D eigenvalue weighted by Crippen LogP contribution is -2.11. The summed E-state index contributed by atoms with van der Waals surface area (Å²) in [5, 5.41) is 9.43. The van der Waals surface area contributed by atoms with Gasteiger partial charge in [0.25, 0.3) is 0 Å². The van der Waals surface area contributed by atoms with Gasteiger partial charge in [-0.2, -0.15) is 11.8 Å². The molecule has 1 aromatic rings. The first kappa shape index (κ1) is 12.4. The summed E-state index contributed by atoms with van der Waals surface area (Å²) in [6.45, 7) is 3.92. The van der Waals surface area contributed by atoms with Crippen molar-refractivity contribution in [1.29, 1.82) is 0 Å². The van der Waals surface area contributed by atoms with Crippen molar-refractivity contribution < 1.29 is 9.90 Å². The van der Waals surface area contributed by atoms with E-state index in [4.69, 9.17) is 5.11 Å². The van der Waals surface area contributed by atoms with Gasteiger partial charge in [0.1, 0.15) is 5.82 Å². The Morgan fingerprint density at radius 2 is 2.35 bits per heavy atom. The number of nitrogens with zero attached hydrogens (tertiary/aromatic N) is 2. The van der Waals surface area contributed by atoms with E-state index in [1.165, 1.54) is 12.6 Å². The molecule has 0 radical (unpaired) electrons. The van der Waals surface area contributed by atoms with Crippen LogP contribution in [0.1, 0.15) is 59.7 Å². The lowest BCUT2D eigenvalue weighted by atomic mass is 10.0. The van der Waals surface area contributed by atoms with Crippen LogP contribution >= 0.6 is 11.8 Å². The molecule has 0 saturated carbocycles. The number of hydrogen-bond acceptors (Lipinski definition) is 4. The zero-order chi connectivity index (χ0) is 12.4. The van der Waals surface area contributed by atoms with Gasteiger partial charge < -0.3 is 5.11 Å². The largest absolute Gasteiger partial charge is 0.478 e. The second kappa shape index (κ2) is 5.04. The lowest BCUT2D eigenvalue weighted by molar-refractivity contribution is 0.0694. The first-order valence-corrected chi connectivity index (χ1v) is 6.86. The monoisotopic (exact) mass is 252 g/mol. The Kier molecular flexibility index (Phi) is 3.66. The average molecular weight is 252 g/mol. The quantitative estimate of drug-likeness (QED) is 0.896. The molecule has 4 nitrogen and oxygen atoms in total. The molecule has 1 atom stereocenters. The van der Waals surface area contributed by atoms with Gasteiger partial charge in [0.15, 0.2) is 0 Å². The lowest BCUT2D eigenvalue weighted by Gasteiger charge is -2.12. The molecule has 1 unspecified atom stereocenters. The number of thioether (sulfide) groups is 1. The molecule has 0 amide bonds. The highest BCUT2D eigenvalue weighted by Gasteiger charge is 2.23. The topological polar surface area (TPSA) is 63.1 Å². The minimum absolute atomic E-state index is 0.106. The van der Waals surface area contributed by atoms with Gasteiger partial charge in [-0.05, 0) is 24.5 Å². The van der Waals surface area contributed by atoms with Crippen LogP contribution in [-0.4, -0.2) is 26.8 Å². The number of carbonyl (C=O) groups is 1. The maximum Gasteiger partial charge on any atom is 0.339 e. The number of carboxylic acids is 1. The van der Waals surface area contributed by atoms with Crippen molar-refractivity contribution in [3.05, 3.63) is 23.3 Å². The van der Waals surface area contributed by atoms with Crippen LogP contribution < -0.4 is 0 Å². The zero-order valence-electron chi connectivity index (χ0n) is 10.0. The molecular formula is C12H16N2O2S. The molecule has 1 saturated heterocycles. The fourth-order valence-electron chi connectivity index (χ4n) is 1.95. The number of aromatic nitrogens is 2. The van der Waals surface area contributed by atoms with Gasteiger partial charge in [-0.25, -0.2) is 14.8 Å². The predicted molar refractivity (Wildman–Crippen MR) is 67.5 cm³/mol. The summed E-state index contributed by atoms with van der Waals surface area (Å²) in [5.74, 6) is 1.10. The second-order valence-electron chi connectivity index (χ2n) is 4.49. The zero-order valence-corrected chi connectivity index (χ0v) is 10.8. The van der Waals surface area contributed by atoms with Gasteiger partial charge in [0, 0.05) is 6.20 Å². The highest BCUT2D eigenvalue weighted by Crippen LogP contribution is 2.38. The summed E-state index contributed by atoms with van der Waals surface area (Å²) >= 11 is 1.86. The van der Waals surface area contributed by atoms with Gasteiger partial charge in [-0.1, -0.05) is 13.8 Å². The molecule has 2 heterocycles. The molecule has 0 spiro atoms. The average Bonchev–Trinajstić information content (AvgIpc) is 2.81. The van der Waals surface area contributed by atoms with Crippen LogP contribution in [0.4, 0.5) is 0 Å². The van der Waals surface area contributed by atoms with Crippen LogP contribution in [-0.2, 0) is 0 Å². The van der Waals surface area contributed by atoms with Gasteiger partial charge in [0.2, 0.25) is 0 Å². The van der Waals surface area contributed by atoms with Gasteiger partial charge >= 0.3 is 5.97 Å². The first-order valence-electron chi connectivity index (χ1n) is 5.81. The number of hydrogen-bond donors (Lipinski definition) is 1. The summed E-state index contributed by atoms with van der Waals surface area (Å²) in [5.41, 5.74) is 0.877. The van der Waals surface area contributed by atoms with E-state index in [1.54, 1.807) is 0 Å². The van der Waals surface area contributed by atoms with Crippen molar-refractivity contribution >= 4 is 17.7 Å². The molecule has 17 heavy (non-hydrogen) atoms. The molecule has 2 rings (SSSR count). The number of rotatable bonds is 3. The Bertz CT molecular complexity index is 429. The maximum atomic E-state index is 11.1. The summed E-state index contributed by atoms with van der Waals surface area (Å²) in [6.07, 6.45) is 3.74. The molecule has 1 aromatic heterocycles. The molecule has 1 aliphatic heterocycles. The highest BCUT2D eigenvalue weighted by atomic mass is 32.2. The Morgan fingerprint density at radius 1 is 1.59 bits per heavy atom. The third kappa shape index (κ3) is 2.60. The third-order valence-corrected chi connectivity index (χ3v) is 4.21. The highest BCUT2D eigenvalue weighted by molar-refractivity contribution is 7.99. The Hall–Kier alpha value is -1.10. The van der Waals surface area contributed by atoms with E-state index >= 15 is 0 Å². The summed E-state index contributed by atoms with van der Waals surface area (Å²) in [4.78, 5) is 19.7.